The Morgan fingerprint density at radius 3 is 2.62 bits per heavy atom. The van der Waals surface area contributed by atoms with E-state index in [9.17, 15) is 4.79 Å². The Balaban J connectivity index is 1.86. The fourth-order valence-electron chi connectivity index (χ4n) is 2.25. The van der Waals surface area contributed by atoms with E-state index < -0.39 is 0 Å². The molecular formula is C20H24N2O4. The first-order valence-electron chi connectivity index (χ1n) is 8.36. The largest absolute Gasteiger partial charge is 0.493 e. The summed E-state index contributed by atoms with van der Waals surface area (Å²) >= 11 is 0. The molecule has 1 N–H and O–H groups in total. The molecule has 0 heterocycles. The minimum atomic E-state index is -0.269. The minimum absolute atomic E-state index is 0.169. The SMILES string of the molecule is CCOc1ccc(C=NOCC(=O)Nc2ccc(C)c(C)c2)cc1OC. The Kier molecular flexibility index (Phi) is 7.02. The third kappa shape index (κ3) is 5.51. The topological polar surface area (TPSA) is 69.2 Å². The lowest BCUT2D eigenvalue weighted by atomic mass is 10.1. The summed E-state index contributed by atoms with van der Waals surface area (Å²) in [6.45, 7) is 6.32. The molecule has 0 bridgehead atoms. The Labute approximate surface area is 153 Å². The van der Waals surface area contributed by atoms with Gasteiger partial charge in [0.25, 0.3) is 5.91 Å². The fourth-order valence-corrected chi connectivity index (χ4v) is 2.25. The molecule has 2 aromatic rings. The maximum Gasteiger partial charge on any atom is 0.265 e. The molecule has 6 nitrogen and oxygen atoms in total. The fraction of sp³-hybridized carbons (Fsp3) is 0.300. The number of ether oxygens (including phenoxy) is 2. The number of aryl methyl sites for hydroxylation is 2. The van der Waals surface area contributed by atoms with Gasteiger partial charge in [-0.15, -0.1) is 0 Å². The van der Waals surface area contributed by atoms with Crippen LogP contribution in [0.5, 0.6) is 11.5 Å². The van der Waals surface area contributed by atoms with E-state index >= 15 is 0 Å². The van der Waals surface area contributed by atoms with Crippen molar-refractivity contribution in [3.05, 3.63) is 53.1 Å². The van der Waals surface area contributed by atoms with Gasteiger partial charge in [-0.2, -0.15) is 0 Å². The lowest BCUT2D eigenvalue weighted by Crippen LogP contribution is -2.17. The van der Waals surface area contributed by atoms with E-state index in [1.54, 1.807) is 19.2 Å². The molecule has 0 atom stereocenters. The predicted molar refractivity (Wildman–Crippen MR) is 102 cm³/mol. The number of methoxy groups -OCH3 is 1. The standard InChI is InChI=1S/C20H24N2O4/c1-5-25-18-9-7-16(11-19(18)24-4)12-21-26-13-20(23)22-17-8-6-14(2)15(3)10-17/h6-12H,5,13H2,1-4H3,(H,22,23). The second-order valence-electron chi connectivity index (χ2n) is 5.70. The summed E-state index contributed by atoms with van der Waals surface area (Å²) in [6, 6.07) is 11.2. The minimum Gasteiger partial charge on any atom is -0.493 e. The first-order valence-corrected chi connectivity index (χ1v) is 8.36. The molecule has 0 saturated carbocycles. The normalized spacial score (nSPS) is 10.6. The zero-order valence-corrected chi connectivity index (χ0v) is 15.5. The molecule has 0 unspecified atom stereocenters. The molecule has 2 aromatic carbocycles. The average molecular weight is 356 g/mol. The summed E-state index contributed by atoms with van der Waals surface area (Å²) in [5, 5.41) is 6.60. The van der Waals surface area contributed by atoms with Gasteiger partial charge >= 0.3 is 0 Å². The molecular weight excluding hydrogens is 332 g/mol. The maximum absolute atomic E-state index is 11.9. The van der Waals surface area contributed by atoms with Crippen LogP contribution in [-0.4, -0.2) is 32.4 Å². The second kappa shape index (κ2) is 9.46. The van der Waals surface area contributed by atoms with Crippen LogP contribution >= 0.6 is 0 Å². The lowest BCUT2D eigenvalue weighted by molar-refractivity contribution is -0.120. The van der Waals surface area contributed by atoms with Crippen LogP contribution in [0.15, 0.2) is 41.6 Å². The van der Waals surface area contributed by atoms with Gasteiger partial charge in [0.15, 0.2) is 18.1 Å². The summed E-state index contributed by atoms with van der Waals surface area (Å²) in [5.41, 5.74) is 3.81. The molecule has 2 rings (SSSR count). The Bertz CT molecular complexity index is 787. The molecule has 26 heavy (non-hydrogen) atoms. The first kappa shape index (κ1) is 19.3. The molecule has 0 aliphatic rings. The van der Waals surface area contributed by atoms with Crippen molar-refractivity contribution < 1.29 is 19.1 Å². The van der Waals surface area contributed by atoms with Crippen LogP contribution in [0.2, 0.25) is 0 Å². The number of hydrogen-bond donors (Lipinski definition) is 1. The monoisotopic (exact) mass is 356 g/mol. The molecule has 0 fully saturated rings. The summed E-state index contributed by atoms with van der Waals surface area (Å²) in [4.78, 5) is 17.0. The van der Waals surface area contributed by atoms with Crippen molar-refractivity contribution in [2.24, 2.45) is 5.16 Å². The van der Waals surface area contributed by atoms with Crippen LogP contribution in [0.3, 0.4) is 0 Å². The highest BCUT2D eigenvalue weighted by Gasteiger charge is 2.05. The van der Waals surface area contributed by atoms with Gasteiger partial charge in [0.05, 0.1) is 19.9 Å². The van der Waals surface area contributed by atoms with E-state index in [4.69, 9.17) is 14.3 Å². The van der Waals surface area contributed by atoms with Crippen molar-refractivity contribution in [2.45, 2.75) is 20.8 Å². The molecule has 0 aliphatic carbocycles. The molecule has 0 saturated heterocycles. The van der Waals surface area contributed by atoms with Crippen molar-refractivity contribution in [2.75, 3.05) is 25.6 Å². The number of benzene rings is 2. The number of oxime groups is 1. The third-order valence-corrected chi connectivity index (χ3v) is 3.75. The van der Waals surface area contributed by atoms with Gasteiger partial charge in [0.2, 0.25) is 0 Å². The van der Waals surface area contributed by atoms with Gasteiger partial charge in [-0.05, 0) is 62.2 Å². The van der Waals surface area contributed by atoms with Crippen molar-refractivity contribution in [3.8, 4) is 11.5 Å². The van der Waals surface area contributed by atoms with E-state index in [-0.39, 0.29) is 12.5 Å². The summed E-state index contributed by atoms with van der Waals surface area (Å²) in [6.07, 6.45) is 1.52. The summed E-state index contributed by atoms with van der Waals surface area (Å²) in [5.74, 6) is 1.01. The first-order chi connectivity index (χ1) is 12.5. The highest BCUT2D eigenvalue weighted by Crippen LogP contribution is 2.27. The van der Waals surface area contributed by atoms with E-state index in [0.29, 0.717) is 18.1 Å². The van der Waals surface area contributed by atoms with Gasteiger partial charge < -0.3 is 19.6 Å². The van der Waals surface area contributed by atoms with Crippen molar-refractivity contribution in [3.63, 3.8) is 0 Å². The summed E-state index contributed by atoms with van der Waals surface area (Å²) in [7, 11) is 1.58. The Hall–Kier alpha value is -3.02. The van der Waals surface area contributed by atoms with E-state index in [1.165, 1.54) is 11.8 Å². The molecule has 0 aliphatic heterocycles. The molecule has 0 aromatic heterocycles. The third-order valence-electron chi connectivity index (χ3n) is 3.75. The Morgan fingerprint density at radius 1 is 1.12 bits per heavy atom. The van der Waals surface area contributed by atoms with E-state index in [2.05, 4.69) is 10.5 Å². The Morgan fingerprint density at radius 2 is 1.92 bits per heavy atom. The number of amides is 1. The average Bonchev–Trinajstić information content (AvgIpc) is 2.63. The van der Waals surface area contributed by atoms with Crippen LogP contribution in [-0.2, 0) is 9.63 Å². The quantitative estimate of drug-likeness (QED) is 0.578. The number of nitrogens with one attached hydrogen (secondary N) is 1. The van der Waals surface area contributed by atoms with E-state index in [0.717, 1.165) is 16.8 Å². The number of carbonyl (C=O) groups is 1. The molecule has 138 valence electrons. The van der Waals surface area contributed by atoms with Crippen molar-refractivity contribution in [1.82, 2.24) is 0 Å². The second-order valence-corrected chi connectivity index (χ2v) is 5.70. The number of nitrogens with zero attached hydrogens (tertiary/aromatic N) is 1. The number of rotatable bonds is 8. The summed E-state index contributed by atoms with van der Waals surface area (Å²) < 4.78 is 10.7. The maximum atomic E-state index is 11.9. The molecule has 1 amide bonds. The molecule has 0 spiro atoms. The zero-order valence-electron chi connectivity index (χ0n) is 15.5. The molecule has 6 heteroatoms. The lowest BCUT2D eigenvalue weighted by Gasteiger charge is -2.09. The van der Waals surface area contributed by atoms with Gasteiger partial charge in [0.1, 0.15) is 0 Å². The molecule has 0 radical (unpaired) electrons. The predicted octanol–water partition coefficient (Wildman–Crippen LogP) is 3.70. The number of hydrogen-bond acceptors (Lipinski definition) is 5. The highest BCUT2D eigenvalue weighted by molar-refractivity contribution is 5.91. The number of anilines is 1. The van der Waals surface area contributed by atoms with Crippen LogP contribution in [0, 0.1) is 13.8 Å². The van der Waals surface area contributed by atoms with Crippen LogP contribution < -0.4 is 14.8 Å². The van der Waals surface area contributed by atoms with Crippen LogP contribution in [0.4, 0.5) is 5.69 Å². The van der Waals surface area contributed by atoms with Gasteiger partial charge in [0, 0.05) is 11.3 Å². The van der Waals surface area contributed by atoms with E-state index in [1.807, 2.05) is 45.0 Å². The zero-order chi connectivity index (χ0) is 18.9. The van der Waals surface area contributed by atoms with Gasteiger partial charge in [-0.25, -0.2) is 0 Å². The van der Waals surface area contributed by atoms with Crippen molar-refractivity contribution >= 4 is 17.8 Å². The smallest absolute Gasteiger partial charge is 0.265 e. The number of carbonyl (C=O) groups excluding carboxylic acids is 1. The van der Waals surface area contributed by atoms with Gasteiger partial charge in [-0.3, -0.25) is 4.79 Å². The van der Waals surface area contributed by atoms with Crippen molar-refractivity contribution in [1.29, 1.82) is 0 Å². The van der Waals surface area contributed by atoms with Gasteiger partial charge in [-0.1, -0.05) is 11.2 Å². The highest BCUT2D eigenvalue weighted by atomic mass is 16.6. The van der Waals surface area contributed by atoms with Crippen LogP contribution in [0.1, 0.15) is 23.6 Å². The van der Waals surface area contributed by atoms with Crippen LogP contribution in [0.25, 0.3) is 0 Å².